The highest BCUT2D eigenvalue weighted by Crippen LogP contribution is 2.19. The van der Waals surface area contributed by atoms with E-state index in [4.69, 9.17) is 0 Å². The van der Waals surface area contributed by atoms with Gasteiger partial charge in [0.2, 0.25) is 0 Å². The second-order valence-corrected chi connectivity index (χ2v) is 6.21. The lowest BCUT2D eigenvalue weighted by atomic mass is 10.2. The van der Waals surface area contributed by atoms with Crippen molar-refractivity contribution < 1.29 is 4.79 Å². The quantitative estimate of drug-likeness (QED) is 0.580. The van der Waals surface area contributed by atoms with Crippen molar-refractivity contribution >= 4 is 44.4 Å². The third-order valence-corrected chi connectivity index (χ3v) is 3.96. The van der Waals surface area contributed by atoms with Crippen LogP contribution in [-0.4, -0.2) is 25.0 Å². The lowest BCUT2D eigenvalue weighted by Crippen LogP contribution is -2.32. The zero-order chi connectivity index (χ0) is 12.3. The van der Waals surface area contributed by atoms with Crippen LogP contribution in [0.2, 0.25) is 0 Å². The Morgan fingerprint density at radius 2 is 2.18 bits per heavy atom. The van der Waals surface area contributed by atoms with Gasteiger partial charge in [-0.05, 0) is 69.6 Å². The number of hydrogen-bond acceptors (Lipinski definition) is 2. The van der Waals surface area contributed by atoms with E-state index in [1.54, 1.807) is 0 Å². The Labute approximate surface area is 123 Å². The largest absolute Gasteiger partial charge is 0.351 e. The Kier molecular flexibility index (Phi) is 4.81. The summed E-state index contributed by atoms with van der Waals surface area (Å²) in [5.41, 5.74) is 0.698. The van der Waals surface area contributed by atoms with E-state index < -0.39 is 0 Å². The van der Waals surface area contributed by atoms with Gasteiger partial charge in [0.15, 0.2) is 0 Å². The maximum atomic E-state index is 11.9. The molecule has 0 aliphatic heterocycles. The first-order valence-electron chi connectivity index (χ1n) is 5.63. The van der Waals surface area contributed by atoms with Crippen molar-refractivity contribution in [2.75, 3.05) is 13.1 Å². The summed E-state index contributed by atoms with van der Waals surface area (Å²) < 4.78 is 1.90. The van der Waals surface area contributed by atoms with E-state index in [1.165, 1.54) is 12.8 Å². The van der Waals surface area contributed by atoms with Gasteiger partial charge in [-0.3, -0.25) is 4.79 Å². The van der Waals surface area contributed by atoms with Crippen LogP contribution in [-0.2, 0) is 0 Å². The van der Waals surface area contributed by atoms with Crippen molar-refractivity contribution in [2.24, 2.45) is 0 Å². The first-order valence-corrected chi connectivity index (χ1v) is 7.50. The van der Waals surface area contributed by atoms with Crippen LogP contribution in [0.25, 0.3) is 0 Å². The molecular weight excluding hydrogens is 395 g/mol. The average molecular weight is 409 g/mol. The van der Waals surface area contributed by atoms with Gasteiger partial charge < -0.3 is 10.6 Å². The number of hydrogen-bond donors (Lipinski definition) is 2. The SMILES string of the molecule is O=C(NCCNC1CC1)c1cc(I)ccc1Br. The lowest BCUT2D eigenvalue weighted by molar-refractivity contribution is 0.0953. The molecule has 17 heavy (non-hydrogen) atoms. The second-order valence-electron chi connectivity index (χ2n) is 4.11. The Morgan fingerprint density at radius 3 is 2.88 bits per heavy atom. The van der Waals surface area contributed by atoms with E-state index >= 15 is 0 Å². The van der Waals surface area contributed by atoms with Crippen LogP contribution in [0.15, 0.2) is 22.7 Å². The minimum Gasteiger partial charge on any atom is -0.351 e. The van der Waals surface area contributed by atoms with Crippen molar-refractivity contribution in [1.29, 1.82) is 0 Å². The maximum absolute atomic E-state index is 11.9. The summed E-state index contributed by atoms with van der Waals surface area (Å²) in [4.78, 5) is 11.9. The molecule has 0 aromatic heterocycles. The molecule has 0 unspecified atom stereocenters. The molecule has 5 heteroatoms. The molecule has 3 nitrogen and oxygen atoms in total. The number of carbonyl (C=O) groups is 1. The van der Waals surface area contributed by atoms with Crippen LogP contribution < -0.4 is 10.6 Å². The van der Waals surface area contributed by atoms with Crippen LogP contribution in [0.3, 0.4) is 0 Å². The summed E-state index contributed by atoms with van der Waals surface area (Å²) in [5, 5.41) is 6.28. The summed E-state index contributed by atoms with van der Waals surface area (Å²) in [5.74, 6) is -0.0204. The number of rotatable bonds is 5. The summed E-state index contributed by atoms with van der Waals surface area (Å²) in [6, 6.07) is 6.44. The van der Waals surface area contributed by atoms with Gasteiger partial charge in [-0.25, -0.2) is 0 Å². The third-order valence-electron chi connectivity index (χ3n) is 2.59. The molecule has 0 saturated heterocycles. The minimum absolute atomic E-state index is 0.0204. The van der Waals surface area contributed by atoms with Crippen molar-refractivity contribution in [2.45, 2.75) is 18.9 Å². The van der Waals surface area contributed by atoms with Crippen LogP contribution in [0.4, 0.5) is 0 Å². The molecule has 0 spiro atoms. The Morgan fingerprint density at radius 1 is 1.41 bits per heavy atom. The van der Waals surface area contributed by atoms with E-state index in [1.807, 2.05) is 18.2 Å². The lowest BCUT2D eigenvalue weighted by Gasteiger charge is -2.08. The topological polar surface area (TPSA) is 41.1 Å². The molecule has 0 bridgehead atoms. The third kappa shape index (κ3) is 4.22. The van der Waals surface area contributed by atoms with E-state index in [0.29, 0.717) is 18.2 Å². The fourth-order valence-electron chi connectivity index (χ4n) is 1.51. The molecule has 0 radical (unpaired) electrons. The predicted molar refractivity (Wildman–Crippen MR) is 80.2 cm³/mol. The van der Waals surface area contributed by atoms with E-state index in [2.05, 4.69) is 49.2 Å². The van der Waals surface area contributed by atoms with Gasteiger partial charge in [-0.2, -0.15) is 0 Å². The summed E-state index contributed by atoms with van der Waals surface area (Å²) in [7, 11) is 0. The number of halogens is 2. The van der Waals surface area contributed by atoms with Gasteiger partial charge >= 0.3 is 0 Å². The molecule has 2 rings (SSSR count). The number of nitrogens with one attached hydrogen (secondary N) is 2. The molecule has 2 N–H and O–H groups in total. The minimum atomic E-state index is -0.0204. The molecule has 1 aliphatic rings. The maximum Gasteiger partial charge on any atom is 0.252 e. The summed E-state index contributed by atoms with van der Waals surface area (Å²) >= 11 is 5.60. The molecule has 0 heterocycles. The van der Waals surface area contributed by atoms with Crippen LogP contribution >= 0.6 is 38.5 Å². The standard InChI is InChI=1S/C12H14BrIN2O/c13-11-4-1-8(14)7-10(11)12(17)16-6-5-15-9-2-3-9/h1,4,7,9,15H,2-3,5-6H2,(H,16,17). The zero-order valence-corrected chi connectivity index (χ0v) is 13.0. The molecule has 1 aromatic rings. The molecule has 1 aliphatic carbocycles. The Balaban J connectivity index is 1.82. The molecule has 92 valence electrons. The van der Waals surface area contributed by atoms with Crippen LogP contribution in [0.5, 0.6) is 0 Å². The monoisotopic (exact) mass is 408 g/mol. The van der Waals surface area contributed by atoms with Crippen molar-refractivity contribution in [3.8, 4) is 0 Å². The Hall–Kier alpha value is -0.140. The van der Waals surface area contributed by atoms with E-state index in [0.717, 1.165) is 14.6 Å². The fraction of sp³-hybridized carbons (Fsp3) is 0.417. The van der Waals surface area contributed by atoms with Gasteiger partial charge in [0.1, 0.15) is 0 Å². The molecule has 0 atom stereocenters. The van der Waals surface area contributed by atoms with Gasteiger partial charge in [-0.1, -0.05) is 0 Å². The van der Waals surface area contributed by atoms with Gasteiger partial charge in [0, 0.05) is 27.2 Å². The molecule has 1 amide bonds. The highest BCUT2D eigenvalue weighted by Gasteiger charge is 2.19. The highest BCUT2D eigenvalue weighted by atomic mass is 127. The van der Waals surface area contributed by atoms with Crippen molar-refractivity contribution in [3.05, 3.63) is 31.8 Å². The summed E-state index contributed by atoms with van der Waals surface area (Å²) in [6.45, 7) is 1.52. The molecular formula is C12H14BrIN2O. The van der Waals surface area contributed by atoms with Gasteiger partial charge in [0.25, 0.3) is 5.91 Å². The van der Waals surface area contributed by atoms with Gasteiger partial charge in [0.05, 0.1) is 5.56 Å². The fourth-order valence-corrected chi connectivity index (χ4v) is 2.42. The normalized spacial score (nSPS) is 14.7. The first-order chi connectivity index (χ1) is 8.16. The molecule has 1 aromatic carbocycles. The highest BCUT2D eigenvalue weighted by molar-refractivity contribution is 14.1. The average Bonchev–Trinajstić information content (AvgIpc) is 3.11. The van der Waals surface area contributed by atoms with Crippen molar-refractivity contribution in [3.63, 3.8) is 0 Å². The number of benzene rings is 1. The Bertz CT molecular complexity index is 421. The van der Waals surface area contributed by atoms with E-state index in [-0.39, 0.29) is 5.91 Å². The number of carbonyl (C=O) groups excluding carboxylic acids is 1. The van der Waals surface area contributed by atoms with E-state index in [9.17, 15) is 4.79 Å². The predicted octanol–water partition coefficient (Wildman–Crippen LogP) is 2.54. The molecule has 1 saturated carbocycles. The first kappa shape index (κ1) is 13.3. The smallest absolute Gasteiger partial charge is 0.252 e. The van der Waals surface area contributed by atoms with Crippen LogP contribution in [0, 0.1) is 3.57 Å². The second kappa shape index (κ2) is 6.15. The van der Waals surface area contributed by atoms with Crippen LogP contribution in [0.1, 0.15) is 23.2 Å². The zero-order valence-electron chi connectivity index (χ0n) is 9.30. The van der Waals surface area contributed by atoms with Gasteiger partial charge in [-0.15, -0.1) is 0 Å². The summed E-state index contributed by atoms with van der Waals surface area (Å²) in [6.07, 6.45) is 2.55. The molecule has 1 fully saturated rings. The number of amides is 1. The van der Waals surface area contributed by atoms with Crippen molar-refractivity contribution in [1.82, 2.24) is 10.6 Å².